The zero-order chi connectivity index (χ0) is 14.7. The van der Waals surface area contributed by atoms with Crippen LogP contribution in [0.25, 0.3) is 5.57 Å². The van der Waals surface area contributed by atoms with E-state index < -0.39 is 0 Å². The summed E-state index contributed by atoms with van der Waals surface area (Å²) in [4.78, 5) is 11.2. The van der Waals surface area contributed by atoms with E-state index in [1.54, 1.807) is 12.1 Å². The van der Waals surface area contributed by atoms with Crippen LogP contribution in [-0.4, -0.2) is 7.11 Å². The van der Waals surface area contributed by atoms with Gasteiger partial charge in [-0.05, 0) is 35.4 Å². The molecule has 1 N–H and O–H groups in total. The van der Waals surface area contributed by atoms with Gasteiger partial charge in [-0.15, -0.1) is 4.91 Å². The Bertz CT molecular complexity index is 615. The van der Waals surface area contributed by atoms with Crippen LogP contribution in [0.4, 0.5) is 0 Å². The maximum absolute atomic E-state index is 11.2. The molecule has 2 rings (SSSR count). The summed E-state index contributed by atoms with van der Waals surface area (Å²) >= 11 is 5.88. The third-order valence-electron chi connectivity index (χ3n) is 2.98. The normalized spacial score (nSPS) is 14.6. The first-order valence-corrected chi connectivity index (χ1v) is 6.47. The highest BCUT2D eigenvalue weighted by Crippen LogP contribution is 2.38. The van der Waals surface area contributed by atoms with E-state index in [1.165, 1.54) is 7.11 Å². The van der Waals surface area contributed by atoms with E-state index in [2.05, 4.69) is 17.1 Å². The van der Waals surface area contributed by atoms with Crippen molar-refractivity contribution in [2.45, 2.75) is 13.3 Å². The zero-order valence-corrected chi connectivity index (χ0v) is 12.1. The molecule has 0 saturated heterocycles. The van der Waals surface area contributed by atoms with E-state index in [4.69, 9.17) is 16.3 Å². The molecule has 5 heteroatoms. The fraction of sp³-hybridized carbons (Fsp3) is 0.200. The van der Waals surface area contributed by atoms with Crippen molar-refractivity contribution in [1.82, 2.24) is 5.32 Å². The van der Waals surface area contributed by atoms with E-state index in [9.17, 15) is 4.91 Å². The highest BCUT2D eigenvalue weighted by Gasteiger charge is 2.27. The Balaban J connectivity index is 2.42. The first-order valence-electron chi connectivity index (χ1n) is 6.09. The monoisotopic (exact) mass is 290 g/mol. The summed E-state index contributed by atoms with van der Waals surface area (Å²) in [6, 6.07) is 7.28. The Morgan fingerprint density at radius 1 is 1.40 bits per heavy atom. The highest BCUT2D eigenvalue weighted by molar-refractivity contribution is 6.30. The number of nitroso groups, excluding NO2 is 1. The lowest BCUT2D eigenvalue weighted by molar-refractivity contribution is 0.295. The molecule has 0 saturated carbocycles. The molecule has 104 valence electrons. The minimum absolute atomic E-state index is 0.318. The number of halogens is 1. The first-order chi connectivity index (χ1) is 9.56. The van der Waals surface area contributed by atoms with Crippen molar-refractivity contribution in [1.29, 1.82) is 0 Å². The molecule has 20 heavy (non-hydrogen) atoms. The minimum Gasteiger partial charge on any atom is -0.492 e. The number of nitrogens with one attached hydrogen (secondary N) is 1. The van der Waals surface area contributed by atoms with Gasteiger partial charge in [0.15, 0.2) is 11.5 Å². The maximum Gasteiger partial charge on any atom is 0.167 e. The van der Waals surface area contributed by atoms with Gasteiger partial charge in [0.1, 0.15) is 0 Å². The maximum atomic E-state index is 11.2. The molecular weight excluding hydrogens is 276 g/mol. The van der Waals surface area contributed by atoms with Gasteiger partial charge in [0.25, 0.3) is 0 Å². The Morgan fingerprint density at radius 3 is 2.55 bits per heavy atom. The minimum atomic E-state index is 0.318. The second-order valence-corrected chi connectivity index (χ2v) is 4.96. The van der Waals surface area contributed by atoms with Crippen LogP contribution in [0.2, 0.25) is 5.02 Å². The third kappa shape index (κ3) is 2.75. The van der Waals surface area contributed by atoms with Crippen LogP contribution in [0.3, 0.4) is 0 Å². The van der Waals surface area contributed by atoms with E-state index >= 15 is 0 Å². The molecule has 0 bridgehead atoms. The first kappa shape index (κ1) is 14.3. The Morgan fingerprint density at radius 2 is 2.05 bits per heavy atom. The lowest BCUT2D eigenvalue weighted by Crippen LogP contribution is -2.11. The molecule has 0 aliphatic heterocycles. The summed E-state index contributed by atoms with van der Waals surface area (Å²) in [6.07, 6.45) is 0.540. The van der Waals surface area contributed by atoms with Gasteiger partial charge < -0.3 is 10.1 Å². The van der Waals surface area contributed by atoms with E-state index in [0.29, 0.717) is 22.9 Å². The van der Waals surface area contributed by atoms with Crippen molar-refractivity contribution >= 4 is 17.2 Å². The fourth-order valence-electron chi connectivity index (χ4n) is 2.19. The van der Waals surface area contributed by atoms with Crippen LogP contribution in [0.1, 0.15) is 18.9 Å². The van der Waals surface area contributed by atoms with Crippen LogP contribution in [0.15, 0.2) is 58.9 Å². The van der Waals surface area contributed by atoms with Gasteiger partial charge in [-0.1, -0.05) is 30.3 Å². The van der Waals surface area contributed by atoms with Crippen molar-refractivity contribution in [2.75, 3.05) is 7.11 Å². The molecule has 0 amide bonds. The van der Waals surface area contributed by atoms with Gasteiger partial charge in [0.2, 0.25) is 0 Å². The Kier molecular flexibility index (Phi) is 4.25. The number of rotatable bonds is 5. The SMILES string of the molecule is C=C(C)NC1=C(OC)C(N=O)=C(c2ccc(Cl)cc2)C1. The van der Waals surface area contributed by atoms with Crippen molar-refractivity contribution in [2.24, 2.45) is 5.18 Å². The van der Waals surface area contributed by atoms with Gasteiger partial charge in [-0.25, -0.2) is 0 Å². The van der Waals surface area contributed by atoms with Crippen molar-refractivity contribution in [3.8, 4) is 0 Å². The smallest absolute Gasteiger partial charge is 0.167 e. The van der Waals surface area contributed by atoms with Crippen LogP contribution < -0.4 is 5.32 Å². The quantitative estimate of drug-likeness (QED) is 0.827. The predicted molar refractivity (Wildman–Crippen MR) is 80.8 cm³/mol. The van der Waals surface area contributed by atoms with Crippen molar-refractivity contribution < 1.29 is 4.74 Å². The number of benzene rings is 1. The topological polar surface area (TPSA) is 50.7 Å². The van der Waals surface area contributed by atoms with Crippen LogP contribution in [0.5, 0.6) is 0 Å². The molecule has 4 nitrogen and oxygen atoms in total. The largest absolute Gasteiger partial charge is 0.492 e. The van der Waals surface area contributed by atoms with Gasteiger partial charge in [-0.3, -0.25) is 0 Å². The summed E-state index contributed by atoms with van der Waals surface area (Å²) in [5.74, 6) is 0.466. The van der Waals surface area contributed by atoms with Gasteiger partial charge in [0, 0.05) is 17.1 Å². The molecular formula is C15H15ClN2O2. The van der Waals surface area contributed by atoms with Crippen molar-refractivity contribution in [3.63, 3.8) is 0 Å². The predicted octanol–water partition coefficient (Wildman–Crippen LogP) is 4.20. The molecule has 1 aromatic carbocycles. The van der Waals surface area contributed by atoms with Gasteiger partial charge in [-0.2, -0.15) is 0 Å². The summed E-state index contributed by atoms with van der Waals surface area (Å²) < 4.78 is 5.30. The van der Waals surface area contributed by atoms with Crippen LogP contribution in [0, 0.1) is 4.91 Å². The number of allylic oxidation sites excluding steroid dienone is 2. The van der Waals surface area contributed by atoms with Gasteiger partial charge >= 0.3 is 0 Å². The number of hydrogen-bond donors (Lipinski definition) is 1. The fourth-order valence-corrected chi connectivity index (χ4v) is 2.31. The third-order valence-corrected chi connectivity index (χ3v) is 3.23. The second kappa shape index (κ2) is 5.92. The van der Waals surface area contributed by atoms with Gasteiger partial charge in [0.05, 0.1) is 12.8 Å². The van der Waals surface area contributed by atoms with E-state index in [-0.39, 0.29) is 0 Å². The second-order valence-electron chi connectivity index (χ2n) is 4.52. The summed E-state index contributed by atoms with van der Waals surface area (Å²) in [7, 11) is 1.52. The molecule has 0 fully saturated rings. The Hall–Kier alpha value is -2.07. The number of methoxy groups -OCH3 is 1. The molecule has 0 heterocycles. The number of hydrogen-bond acceptors (Lipinski definition) is 4. The molecule has 0 spiro atoms. The number of ether oxygens (including phenoxy) is 1. The lowest BCUT2D eigenvalue weighted by atomic mass is 10.0. The molecule has 1 aliphatic carbocycles. The molecule has 0 aromatic heterocycles. The lowest BCUT2D eigenvalue weighted by Gasteiger charge is -2.09. The zero-order valence-electron chi connectivity index (χ0n) is 11.4. The molecule has 1 aliphatic rings. The number of nitrogens with zero attached hydrogens (tertiary/aromatic N) is 1. The van der Waals surface area contributed by atoms with Crippen molar-refractivity contribution in [3.05, 3.63) is 69.2 Å². The summed E-state index contributed by atoms with van der Waals surface area (Å²) in [6.45, 7) is 5.64. The molecule has 0 unspecified atom stereocenters. The van der Waals surface area contributed by atoms with E-state index in [0.717, 1.165) is 22.5 Å². The Labute approximate surface area is 122 Å². The molecule has 0 atom stereocenters. The van der Waals surface area contributed by atoms with E-state index in [1.807, 2.05) is 19.1 Å². The average molecular weight is 291 g/mol. The molecule has 0 radical (unpaired) electrons. The summed E-state index contributed by atoms with van der Waals surface area (Å²) in [5, 5.41) is 6.88. The standard InChI is InChI=1S/C15H15ClN2O2/c1-9(2)17-13-8-12(14(18-19)15(13)20-3)10-4-6-11(16)7-5-10/h4-7,17H,1,8H2,2-3H3. The van der Waals surface area contributed by atoms with Crippen LogP contribution in [-0.2, 0) is 4.74 Å². The summed E-state index contributed by atoms with van der Waals surface area (Å²) in [5.41, 5.74) is 3.60. The highest BCUT2D eigenvalue weighted by atomic mass is 35.5. The molecule has 1 aromatic rings. The van der Waals surface area contributed by atoms with Crippen LogP contribution >= 0.6 is 11.6 Å². The average Bonchev–Trinajstić information content (AvgIpc) is 2.76.